The quantitative estimate of drug-likeness (QED) is 0.753. The summed E-state index contributed by atoms with van der Waals surface area (Å²) in [5.74, 6) is 0.811. The molecule has 0 atom stereocenters. The van der Waals surface area contributed by atoms with Crippen LogP contribution in [0.1, 0.15) is 41.0 Å². The first-order chi connectivity index (χ1) is 11.8. The molecular weight excluding hydrogens is 324 g/mol. The van der Waals surface area contributed by atoms with Crippen molar-refractivity contribution in [1.29, 1.82) is 0 Å². The Kier molecular flexibility index (Phi) is 3.98. The fraction of sp³-hybridized carbons (Fsp3) is 0.333. The zero-order valence-corrected chi connectivity index (χ0v) is 14.0. The largest absolute Gasteiger partial charge is 0.461 e. The first kappa shape index (κ1) is 15.2. The van der Waals surface area contributed by atoms with Crippen LogP contribution in [-0.4, -0.2) is 17.6 Å². The normalized spacial score (nSPS) is 16.3. The molecule has 0 aromatic carbocycles. The van der Waals surface area contributed by atoms with Crippen molar-refractivity contribution in [2.45, 2.75) is 31.1 Å². The van der Waals surface area contributed by atoms with Gasteiger partial charge in [-0.05, 0) is 36.4 Å². The maximum Gasteiger partial charge on any atom is 0.273 e. The lowest BCUT2D eigenvalue weighted by Crippen LogP contribution is -2.38. The molecule has 4 rings (SSSR count). The average Bonchev–Trinajstić information content (AvgIpc) is 3.41. The second-order valence-corrected chi connectivity index (χ2v) is 7.15. The van der Waals surface area contributed by atoms with Crippen molar-refractivity contribution in [3.63, 3.8) is 0 Å². The van der Waals surface area contributed by atoms with Crippen LogP contribution in [0.2, 0.25) is 0 Å². The van der Waals surface area contributed by atoms with Crippen LogP contribution in [0.5, 0.6) is 0 Å². The Morgan fingerprint density at radius 2 is 2.12 bits per heavy atom. The summed E-state index contributed by atoms with van der Waals surface area (Å²) in [5.41, 5.74) is 0.345. The van der Waals surface area contributed by atoms with Crippen LogP contribution in [0.3, 0.4) is 0 Å². The molecule has 0 unspecified atom stereocenters. The molecule has 5 nitrogen and oxygen atoms in total. The minimum atomic E-state index is -0.209. The summed E-state index contributed by atoms with van der Waals surface area (Å²) in [6.45, 7) is 0.634. The van der Waals surface area contributed by atoms with Crippen molar-refractivity contribution in [2.75, 3.05) is 6.54 Å². The van der Waals surface area contributed by atoms with Gasteiger partial charge in [0.2, 0.25) is 5.76 Å². The van der Waals surface area contributed by atoms with Crippen molar-refractivity contribution < 1.29 is 13.7 Å². The predicted molar refractivity (Wildman–Crippen MR) is 91.0 cm³/mol. The molecule has 0 saturated heterocycles. The summed E-state index contributed by atoms with van der Waals surface area (Å²) in [5, 5.41) is 9.00. The number of nitrogens with one attached hydrogen (secondary N) is 1. The number of carbonyl (C=O) groups is 1. The van der Waals surface area contributed by atoms with Crippen molar-refractivity contribution >= 4 is 17.2 Å². The Balaban J connectivity index is 1.46. The Morgan fingerprint density at radius 3 is 2.83 bits per heavy atom. The predicted octanol–water partition coefficient (Wildman–Crippen LogP) is 4.24. The highest BCUT2D eigenvalue weighted by atomic mass is 32.1. The molecule has 1 N–H and O–H groups in total. The van der Waals surface area contributed by atoms with E-state index in [2.05, 4.69) is 28.0 Å². The van der Waals surface area contributed by atoms with Gasteiger partial charge in [-0.15, -0.1) is 11.3 Å². The molecule has 1 amide bonds. The summed E-state index contributed by atoms with van der Waals surface area (Å²) >= 11 is 1.77. The number of aromatic nitrogens is 1. The van der Waals surface area contributed by atoms with E-state index in [4.69, 9.17) is 8.94 Å². The van der Waals surface area contributed by atoms with Gasteiger partial charge in [-0.25, -0.2) is 0 Å². The van der Waals surface area contributed by atoms with E-state index in [1.807, 2.05) is 0 Å². The number of amides is 1. The van der Waals surface area contributed by atoms with Gasteiger partial charge in [0, 0.05) is 22.9 Å². The van der Waals surface area contributed by atoms with E-state index in [-0.39, 0.29) is 17.0 Å². The molecule has 1 saturated carbocycles. The van der Waals surface area contributed by atoms with E-state index in [0.717, 1.165) is 12.8 Å². The third kappa shape index (κ3) is 2.78. The van der Waals surface area contributed by atoms with Gasteiger partial charge in [-0.2, -0.15) is 0 Å². The zero-order valence-electron chi connectivity index (χ0n) is 13.2. The molecule has 0 bridgehead atoms. The molecule has 3 aromatic rings. The molecule has 3 aromatic heterocycles. The van der Waals surface area contributed by atoms with E-state index >= 15 is 0 Å². The van der Waals surface area contributed by atoms with Crippen LogP contribution in [-0.2, 0) is 5.41 Å². The van der Waals surface area contributed by atoms with E-state index in [1.165, 1.54) is 17.7 Å². The summed E-state index contributed by atoms with van der Waals surface area (Å²) in [7, 11) is 0. The molecule has 1 aliphatic carbocycles. The van der Waals surface area contributed by atoms with Crippen molar-refractivity contribution in [3.05, 3.63) is 52.5 Å². The van der Waals surface area contributed by atoms with Crippen LogP contribution < -0.4 is 5.32 Å². The lowest BCUT2D eigenvalue weighted by molar-refractivity contribution is 0.0934. The molecule has 0 radical (unpaired) electrons. The number of thiophene rings is 1. The number of hydrogen-bond acceptors (Lipinski definition) is 5. The molecule has 1 aliphatic rings. The number of rotatable bonds is 5. The topological polar surface area (TPSA) is 68.3 Å². The second kappa shape index (κ2) is 6.28. The molecule has 3 heterocycles. The lowest BCUT2D eigenvalue weighted by Gasteiger charge is -2.28. The fourth-order valence-corrected chi connectivity index (χ4v) is 4.39. The van der Waals surface area contributed by atoms with Gasteiger partial charge < -0.3 is 14.3 Å². The van der Waals surface area contributed by atoms with Crippen LogP contribution in [0.15, 0.2) is 50.9 Å². The van der Waals surface area contributed by atoms with E-state index < -0.39 is 0 Å². The van der Waals surface area contributed by atoms with Crippen molar-refractivity contribution in [3.8, 4) is 11.5 Å². The monoisotopic (exact) mass is 342 g/mol. The highest BCUT2D eigenvalue weighted by Crippen LogP contribution is 2.42. The Morgan fingerprint density at radius 1 is 1.25 bits per heavy atom. The van der Waals surface area contributed by atoms with Crippen LogP contribution in [0.25, 0.3) is 11.5 Å². The minimum absolute atomic E-state index is 0.0669. The van der Waals surface area contributed by atoms with Gasteiger partial charge in [-0.3, -0.25) is 4.79 Å². The van der Waals surface area contributed by atoms with E-state index in [0.29, 0.717) is 18.1 Å². The summed E-state index contributed by atoms with van der Waals surface area (Å²) in [4.78, 5) is 13.8. The van der Waals surface area contributed by atoms with Gasteiger partial charge in [0.05, 0.1) is 6.26 Å². The van der Waals surface area contributed by atoms with Gasteiger partial charge in [0.15, 0.2) is 11.5 Å². The molecule has 24 heavy (non-hydrogen) atoms. The SMILES string of the molecule is O=C(NCC1(c2cccs2)CCCC1)c1cc(-c2ccco2)on1. The minimum Gasteiger partial charge on any atom is -0.461 e. The molecular formula is C18H18N2O3S. The number of furan rings is 1. The average molecular weight is 342 g/mol. The maximum absolute atomic E-state index is 12.4. The second-order valence-electron chi connectivity index (χ2n) is 6.20. The zero-order chi connectivity index (χ0) is 16.4. The Hall–Kier alpha value is -2.34. The number of hydrogen-bond donors (Lipinski definition) is 1. The molecule has 0 aliphatic heterocycles. The van der Waals surface area contributed by atoms with Gasteiger partial charge in [0.25, 0.3) is 5.91 Å². The Labute approximate surface area is 143 Å². The van der Waals surface area contributed by atoms with Crippen molar-refractivity contribution in [1.82, 2.24) is 10.5 Å². The summed E-state index contributed by atoms with van der Waals surface area (Å²) in [6, 6.07) is 9.40. The van der Waals surface area contributed by atoms with Gasteiger partial charge in [0.1, 0.15) is 0 Å². The highest BCUT2D eigenvalue weighted by Gasteiger charge is 2.37. The fourth-order valence-electron chi connectivity index (χ4n) is 3.40. The van der Waals surface area contributed by atoms with E-state index in [1.54, 1.807) is 35.8 Å². The number of carbonyl (C=O) groups excluding carboxylic acids is 1. The van der Waals surface area contributed by atoms with Crippen LogP contribution in [0.4, 0.5) is 0 Å². The smallest absolute Gasteiger partial charge is 0.273 e. The first-order valence-electron chi connectivity index (χ1n) is 8.10. The van der Waals surface area contributed by atoms with Crippen LogP contribution >= 0.6 is 11.3 Å². The van der Waals surface area contributed by atoms with Crippen molar-refractivity contribution in [2.24, 2.45) is 0 Å². The molecule has 0 spiro atoms. The van der Waals surface area contributed by atoms with Crippen LogP contribution in [0, 0.1) is 0 Å². The standard InChI is InChI=1S/C18H18N2O3S/c21-17(13-11-15(23-20-13)14-5-3-9-22-14)19-12-18(7-1-2-8-18)16-6-4-10-24-16/h3-6,9-11H,1-2,7-8,12H2,(H,19,21). The third-order valence-electron chi connectivity index (χ3n) is 4.70. The first-order valence-corrected chi connectivity index (χ1v) is 8.98. The number of nitrogens with zero attached hydrogens (tertiary/aromatic N) is 1. The summed E-state index contributed by atoms with van der Waals surface area (Å²) in [6.07, 6.45) is 6.21. The highest BCUT2D eigenvalue weighted by molar-refractivity contribution is 7.10. The molecule has 124 valence electrons. The maximum atomic E-state index is 12.4. The Bertz CT molecular complexity index is 799. The van der Waals surface area contributed by atoms with Gasteiger partial charge >= 0.3 is 0 Å². The van der Waals surface area contributed by atoms with Gasteiger partial charge in [-0.1, -0.05) is 24.1 Å². The molecule has 6 heteroatoms. The van der Waals surface area contributed by atoms with E-state index in [9.17, 15) is 4.79 Å². The summed E-state index contributed by atoms with van der Waals surface area (Å²) < 4.78 is 10.5. The lowest BCUT2D eigenvalue weighted by atomic mass is 9.84. The third-order valence-corrected chi connectivity index (χ3v) is 5.81. The molecule has 1 fully saturated rings.